The molecule has 0 bridgehead atoms. The normalized spacial score (nSPS) is 16.4. The molecule has 1 saturated carbocycles. The fourth-order valence-electron chi connectivity index (χ4n) is 3.14. The van der Waals surface area contributed by atoms with Crippen LogP contribution in [0.25, 0.3) is 0 Å². The zero-order chi connectivity index (χ0) is 17.9. The van der Waals surface area contributed by atoms with Crippen LogP contribution in [0, 0.1) is 13.8 Å². The summed E-state index contributed by atoms with van der Waals surface area (Å²) in [6.07, 6.45) is 7.27. The number of sulfonamides is 1. The van der Waals surface area contributed by atoms with Crippen molar-refractivity contribution in [2.24, 2.45) is 0 Å². The maximum Gasteiger partial charge on any atom is 0.268 e. The Balaban J connectivity index is 1.68. The minimum Gasteiger partial charge on any atom is -0.366 e. The summed E-state index contributed by atoms with van der Waals surface area (Å²) in [7, 11) is -3.81. The van der Waals surface area contributed by atoms with Gasteiger partial charge in [-0.25, -0.2) is 8.42 Å². The molecule has 0 aliphatic heterocycles. The van der Waals surface area contributed by atoms with E-state index in [1.54, 1.807) is 26.0 Å². The van der Waals surface area contributed by atoms with Gasteiger partial charge in [-0.15, -0.1) is 10.2 Å². The molecule has 1 aliphatic carbocycles. The predicted octanol–water partition coefficient (Wildman–Crippen LogP) is 3.02. The summed E-state index contributed by atoms with van der Waals surface area (Å²) in [5.74, 6) is 1.06. The molecule has 0 spiro atoms. The number of hydrogen-bond donors (Lipinski definition) is 2. The highest BCUT2D eigenvalue weighted by Gasteiger charge is 2.24. The first-order chi connectivity index (χ1) is 12.0. The van der Waals surface area contributed by atoms with Crippen LogP contribution in [0.15, 0.2) is 21.6 Å². The molecule has 136 valence electrons. The lowest BCUT2D eigenvalue weighted by Gasteiger charge is -2.16. The van der Waals surface area contributed by atoms with E-state index in [0.717, 1.165) is 12.8 Å². The van der Waals surface area contributed by atoms with Gasteiger partial charge in [-0.1, -0.05) is 30.8 Å². The van der Waals surface area contributed by atoms with Gasteiger partial charge in [-0.05, 0) is 38.8 Å². The summed E-state index contributed by atoms with van der Waals surface area (Å²) in [5.41, 5.74) is 0.310. The van der Waals surface area contributed by atoms with Gasteiger partial charge in [0.25, 0.3) is 10.0 Å². The Kier molecular flexibility index (Phi) is 5.22. The molecule has 0 saturated heterocycles. The fourth-order valence-corrected chi connectivity index (χ4v) is 4.47. The molecule has 1 aliphatic rings. The minimum atomic E-state index is -3.81. The molecule has 1 fully saturated rings. The van der Waals surface area contributed by atoms with Gasteiger partial charge < -0.3 is 9.84 Å². The molecule has 0 atom stereocenters. The smallest absolute Gasteiger partial charge is 0.268 e. The molecule has 2 N–H and O–H groups in total. The molecule has 0 radical (unpaired) electrons. The van der Waals surface area contributed by atoms with Gasteiger partial charge >= 0.3 is 0 Å². The lowest BCUT2D eigenvalue weighted by molar-refractivity contribution is 0.390. The van der Waals surface area contributed by atoms with Crippen LogP contribution in [0.2, 0.25) is 0 Å². The first kappa shape index (κ1) is 17.7. The average molecular weight is 365 g/mol. The number of aromatic nitrogens is 3. The van der Waals surface area contributed by atoms with Crippen LogP contribution in [0.5, 0.6) is 0 Å². The van der Waals surface area contributed by atoms with Crippen LogP contribution in [-0.4, -0.2) is 29.8 Å². The third-order valence-corrected chi connectivity index (χ3v) is 5.95. The molecule has 2 aromatic rings. The molecule has 2 aromatic heterocycles. The third-order valence-electron chi connectivity index (χ3n) is 4.35. The number of hydrogen-bond acceptors (Lipinski definition) is 7. The second-order valence-corrected chi connectivity index (χ2v) is 8.01. The van der Waals surface area contributed by atoms with Gasteiger partial charge in [-0.2, -0.15) is 0 Å². The lowest BCUT2D eigenvalue weighted by Crippen LogP contribution is -2.20. The summed E-state index contributed by atoms with van der Waals surface area (Å²) in [6, 6.07) is 3.74. The molecule has 0 unspecified atom stereocenters. The van der Waals surface area contributed by atoms with Crippen molar-refractivity contribution in [3.05, 3.63) is 23.6 Å². The second kappa shape index (κ2) is 7.38. The Morgan fingerprint density at radius 1 is 1.04 bits per heavy atom. The number of anilines is 2. The quantitative estimate of drug-likeness (QED) is 0.784. The van der Waals surface area contributed by atoms with Crippen molar-refractivity contribution in [3.63, 3.8) is 0 Å². The van der Waals surface area contributed by atoms with Crippen molar-refractivity contribution in [1.29, 1.82) is 0 Å². The maximum absolute atomic E-state index is 12.4. The molecular formula is C16H23N5O3S. The van der Waals surface area contributed by atoms with Crippen LogP contribution in [0.3, 0.4) is 0 Å². The first-order valence-electron chi connectivity index (χ1n) is 8.51. The Morgan fingerprint density at radius 3 is 2.24 bits per heavy atom. The van der Waals surface area contributed by atoms with E-state index in [1.807, 2.05) is 0 Å². The Morgan fingerprint density at radius 2 is 1.68 bits per heavy atom. The summed E-state index contributed by atoms with van der Waals surface area (Å²) in [6.45, 7) is 3.14. The molecule has 2 heterocycles. The van der Waals surface area contributed by atoms with Gasteiger partial charge in [0.05, 0.1) is 0 Å². The Labute approximate surface area is 147 Å². The van der Waals surface area contributed by atoms with E-state index < -0.39 is 10.0 Å². The predicted molar refractivity (Wildman–Crippen MR) is 93.9 cm³/mol. The fraction of sp³-hybridized carbons (Fsp3) is 0.562. The summed E-state index contributed by atoms with van der Waals surface area (Å²) in [5, 5.41) is 15.1. The van der Waals surface area contributed by atoms with Crippen molar-refractivity contribution in [2.75, 3.05) is 10.0 Å². The van der Waals surface area contributed by atoms with Crippen molar-refractivity contribution in [1.82, 2.24) is 15.4 Å². The number of nitrogens with one attached hydrogen (secondary N) is 2. The Bertz CT molecular complexity index is 789. The van der Waals surface area contributed by atoms with Gasteiger partial charge in [0.1, 0.15) is 11.5 Å². The molecule has 3 rings (SSSR count). The average Bonchev–Trinajstić information content (AvgIpc) is 2.75. The van der Waals surface area contributed by atoms with Crippen molar-refractivity contribution < 1.29 is 12.9 Å². The molecule has 0 aromatic carbocycles. The van der Waals surface area contributed by atoms with E-state index >= 15 is 0 Å². The first-order valence-corrected chi connectivity index (χ1v) is 10.00. The van der Waals surface area contributed by atoms with Gasteiger partial charge in [0.2, 0.25) is 0 Å². The van der Waals surface area contributed by atoms with E-state index in [1.165, 1.54) is 25.7 Å². The SMILES string of the molecule is Cc1noc(C)c1S(=O)(=O)Nc1ccc(NC2CCCCCC2)nn1. The van der Waals surface area contributed by atoms with Crippen LogP contribution in [-0.2, 0) is 10.0 Å². The molecule has 8 nitrogen and oxygen atoms in total. The number of rotatable bonds is 5. The second-order valence-electron chi connectivity index (χ2n) is 6.40. The van der Waals surface area contributed by atoms with Gasteiger partial charge in [0.15, 0.2) is 16.5 Å². The summed E-state index contributed by atoms with van der Waals surface area (Å²) < 4.78 is 32.2. The summed E-state index contributed by atoms with van der Waals surface area (Å²) >= 11 is 0. The number of aryl methyl sites for hydroxylation is 2. The topological polar surface area (TPSA) is 110 Å². The largest absolute Gasteiger partial charge is 0.366 e. The maximum atomic E-state index is 12.4. The van der Waals surface area contributed by atoms with E-state index in [9.17, 15) is 8.42 Å². The van der Waals surface area contributed by atoms with Gasteiger partial charge in [0, 0.05) is 6.04 Å². The molecule has 0 amide bonds. The molecule has 25 heavy (non-hydrogen) atoms. The highest BCUT2D eigenvalue weighted by Crippen LogP contribution is 2.23. The lowest BCUT2D eigenvalue weighted by atomic mass is 10.1. The van der Waals surface area contributed by atoms with Crippen molar-refractivity contribution in [3.8, 4) is 0 Å². The van der Waals surface area contributed by atoms with Crippen LogP contribution < -0.4 is 10.0 Å². The van der Waals surface area contributed by atoms with E-state index in [-0.39, 0.29) is 16.5 Å². The molecule has 9 heteroatoms. The van der Waals surface area contributed by atoms with E-state index in [4.69, 9.17) is 4.52 Å². The zero-order valence-corrected chi connectivity index (χ0v) is 15.3. The van der Waals surface area contributed by atoms with E-state index in [0.29, 0.717) is 17.6 Å². The van der Waals surface area contributed by atoms with Crippen LogP contribution in [0.4, 0.5) is 11.6 Å². The zero-order valence-electron chi connectivity index (χ0n) is 14.4. The standard InChI is InChI=1S/C16H23N5O3S/c1-11-16(12(2)24-20-11)25(22,23)21-15-10-9-14(18-19-15)17-13-7-5-3-4-6-8-13/h9-10,13H,3-8H2,1-2H3,(H,17,18)(H,19,21). The van der Waals surface area contributed by atoms with Crippen LogP contribution >= 0.6 is 0 Å². The van der Waals surface area contributed by atoms with E-state index in [2.05, 4.69) is 25.4 Å². The van der Waals surface area contributed by atoms with Crippen LogP contribution in [0.1, 0.15) is 50.0 Å². The van der Waals surface area contributed by atoms with Gasteiger partial charge in [-0.3, -0.25) is 4.72 Å². The highest BCUT2D eigenvalue weighted by molar-refractivity contribution is 7.92. The molecular weight excluding hydrogens is 342 g/mol. The minimum absolute atomic E-state index is 0.0370. The monoisotopic (exact) mass is 365 g/mol. The number of nitrogens with zero attached hydrogens (tertiary/aromatic N) is 3. The Hall–Kier alpha value is -2.16. The third kappa shape index (κ3) is 4.28. The highest BCUT2D eigenvalue weighted by atomic mass is 32.2. The summed E-state index contributed by atoms with van der Waals surface area (Å²) in [4.78, 5) is 0.0370. The van der Waals surface area contributed by atoms with Crippen molar-refractivity contribution >= 4 is 21.7 Å². The van der Waals surface area contributed by atoms with Crippen molar-refractivity contribution in [2.45, 2.75) is 63.3 Å².